The molecular formula is C40H27N. The van der Waals surface area contributed by atoms with Crippen molar-refractivity contribution in [2.45, 2.75) is 0 Å². The lowest BCUT2D eigenvalue weighted by molar-refractivity contribution is 1.31. The highest BCUT2D eigenvalue weighted by Crippen LogP contribution is 2.46. The van der Waals surface area contributed by atoms with Gasteiger partial charge in [-0.05, 0) is 67.5 Å². The third kappa shape index (κ3) is 3.94. The van der Waals surface area contributed by atoms with Gasteiger partial charge in [0.25, 0.3) is 0 Å². The molecule has 41 heavy (non-hydrogen) atoms. The molecule has 1 nitrogen and oxygen atoms in total. The van der Waals surface area contributed by atoms with E-state index in [1.807, 2.05) is 0 Å². The smallest absolute Gasteiger partial charge is 0.0546 e. The van der Waals surface area contributed by atoms with Crippen molar-refractivity contribution in [3.63, 3.8) is 0 Å². The Hall–Kier alpha value is -5.40. The lowest BCUT2D eigenvalue weighted by Gasteiger charge is -2.30. The minimum atomic E-state index is 1.14. The molecule has 0 aromatic heterocycles. The summed E-state index contributed by atoms with van der Waals surface area (Å²) in [6.45, 7) is 0. The SMILES string of the molecule is c1ccc(-c2ccccc2N(c2ccc3ccccc3c2)c2cc3c4ccccc4ccc3c3ccccc23)cc1. The second-order valence-electron chi connectivity index (χ2n) is 10.6. The van der Waals surface area contributed by atoms with Crippen molar-refractivity contribution in [2.24, 2.45) is 0 Å². The lowest BCUT2D eigenvalue weighted by atomic mass is 9.94. The van der Waals surface area contributed by atoms with Gasteiger partial charge >= 0.3 is 0 Å². The van der Waals surface area contributed by atoms with Crippen molar-refractivity contribution in [3.8, 4) is 11.1 Å². The quantitative estimate of drug-likeness (QED) is 0.208. The van der Waals surface area contributed by atoms with Crippen LogP contribution in [0.4, 0.5) is 17.1 Å². The lowest BCUT2D eigenvalue weighted by Crippen LogP contribution is -2.12. The standard InChI is InChI=1S/C40H27N/c1-2-13-29(14-3-1)34-18-10-11-21-39(34)41(32-24-22-28-12-4-5-16-31(28)26-32)40-27-38-33-17-7-6-15-30(33)23-25-36(38)35-19-8-9-20-37(35)40/h1-27H. The molecule has 0 N–H and O–H groups in total. The number of hydrogen-bond acceptors (Lipinski definition) is 1. The van der Waals surface area contributed by atoms with Crippen LogP contribution in [0.2, 0.25) is 0 Å². The third-order valence-electron chi connectivity index (χ3n) is 8.21. The first-order valence-electron chi connectivity index (χ1n) is 14.1. The Morgan fingerprint density at radius 3 is 1.78 bits per heavy atom. The average molecular weight is 522 g/mol. The number of anilines is 3. The van der Waals surface area contributed by atoms with Crippen LogP contribution in [-0.2, 0) is 0 Å². The number of benzene rings is 8. The van der Waals surface area contributed by atoms with Crippen molar-refractivity contribution in [1.29, 1.82) is 0 Å². The number of fused-ring (bicyclic) bond motifs is 6. The molecule has 8 rings (SSSR count). The zero-order chi connectivity index (χ0) is 27.2. The molecule has 0 bridgehead atoms. The fraction of sp³-hybridized carbons (Fsp3) is 0. The molecule has 0 aliphatic heterocycles. The van der Waals surface area contributed by atoms with Gasteiger partial charge in [-0.2, -0.15) is 0 Å². The fourth-order valence-electron chi connectivity index (χ4n) is 6.28. The van der Waals surface area contributed by atoms with Crippen LogP contribution in [0, 0.1) is 0 Å². The molecule has 0 spiro atoms. The fourth-order valence-corrected chi connectivity index (χ4v) is 6.28. The van der Waals surface area contributed by atoms with Crippen molar-refractivity contribution >= 4 is 60.2 Å². The van der Waals surface area contributed by atoms with Gasteiger partial charge in [0.1, 0.15) is 0 Å². The van der Waals surface area contributed by atoms with E-state index < -0.39 is 0 Å². The zero-order valence-electron chi connectivity index (χ0n) is 22.5. The molecule has 0 fully saturated rings. The van der Waals surface area contributed by atoms with Crippen molar-refractivity contribution < 1.29 is 0 Å². The molecule has 0 saturated carbocycles. The van der Waals surface area contributed by atoms with E-state index in [4.69, 9.17) is 0 Å². The molecule has 0 amide bonds. The normalized spacial score (nSPS) is 11.4. The molecule has 0 aliphatic carbocycles. The first-order valence-corrected chi connectivity index (χ1v) is 14.1. The Kier molecular flexibility index (Phi) is 5.53. The number of rotatable bonds is 4. The highest BCUT2D eigenvalue weighted by Gasteiger charge is 2.21. The highest BCUT2D eigenvalue weighted by molar-refractivity contribution is 6.21. The molecule has 8 aromatic rings. The molecule has 1 heteroatoms. The van der Waals surface area contributed by atoms with Gasteiger partial charge in [0, 0.05) is 16.6 Å². The molecule has 192 valence electrons. The van der Waals surface area contributed by atoms with Crippen LogP contribution in [0.1, 0.15) is 0 Å². The van der Waals surface area contributed by atoms with Crippen LogP contribution < -0.4 is 4.90 Å². The largest absolute Gasteiger partial charge is 0.309 e. The van der Waals surface area contributed by atoms with Gasteiger partial charge in [0.2, 0.25) is 0 Å². The molecule has 0 atom stereocenters. The predicted octanol–water partition coefficient (Wildman–Crippen LogP) is 11.4. The summed E-state index contributed by atoms with van der Waals surface area (Å²) in [5, 5.41) is 10.0. The summed E-state index contributed by atoms with van der Waals surface area (Å²) in [6, 6.07) is 59.3. The van der Waals surface area contributed by atoms with E-state index in [1.54, 1.807) is 0 Å². The summed E-state index contributed by atoms with van der Waals surface area (Å²) in [4.78, 5) is 2.46. The molecular weight excluding hydrogens is 494 g/mol. The van der Waals surface area contributed by atoms with Crippen LogP contribution in [-0.4, -0.2) is 0 Å². The van der Waals surface area contributed by atoms with E-state index in [-0.39, 0.29) is 0 Å². The Bertz CT molecular complexity index is 2210. The van der Waals surface area contributed by atoms with E-state index in [0.717, 1.165) is 11.4 Å². The van der Waals surface area contributed by atoms with E-state index in [9.17, 15) is 0 Å². The second-order valence-corrected chi connectivity index (χ2v) is 10.6. The van der Waals surface area contributed by atoms with Crippen LogP contribution in [0.5, 0.6) is 0 Å². The zero-order valence-corrected chi connectivity index (χ0v) is 22.5. The van der Waals surface area contributed by atoms with Crippen molar-refractivity contribution in [2.75, 3.05) is 4.90 Å². The maximum absolute atomic E-state index is 2.46. The second kappa shape index (κ2) is 9.66. The average Bonchev–Trinajstić information content (AvgIpc) is 3.05. The topological polar surface area (TPSA) is 3.24 Å². The monoisotopic (exact) mass is 521 g/mol. The van der Waals surface area contributed by atoms with Crippen LogP contribution in [0.15, 0.2) is 164 Å². The van der Waals surface area contributed by atoms with Crippen molar-refractivity contribution in [3.05, 3.63) is 164 Å². The Balaban J connectivity index is 1.51. The minimum Gasteiger partial charge on any atom is -0.309 e. The summed E-state index contributed by atoms with van der Waals surface area (Å²) >= 11 is 0. The summed E-state index contributed by atoms with van der Waals surface area (Å²) in [5.41, 5.74) is 5.85. The van der Waals surface area contributed by atoms with Crippen LogP contribution in [0.25, 0.3) is 54.2 Å². The van der Waals surface area contributed by atoms with Gasteiger partial charge in [-0.15, -0.1) is 0 Å². The summed E-state index contributed by atoms with van der Waals surface area (Å²) in [6.07, 6.45) is 0. The van der Waals surface area contributed by atoms with Gasteiger partial charge in [0.15, 0.2) is 0 Å². The van der Waals surface area contributed by atoms with Crippen LogP contribution >= 0.6 is 0 Å². The van der Waals surface area contributed by atoms with E-state index in [1.165, 1.54) is 59.9 Å². The summed E-state index contributed by atoms with van der Waals surface area (Å²) in [7, 11) is 0. The predicted molar refractivity (Wildman–Crippen MR) is 177 cm³/mol. The molecule has 0 heterocycles. The van der Waals surface area contributed by atoms with E-state index >= 15 is 0 Å². The highest BCUT2D eigenvalue weighted by atomic mass is 15.1. The third-order valence-corrected chi connectivity index (χ3v) is 8.21. The minimum absolute atomic E-state index is 1.14. The van der Waals surface area contributed by atoms with Gasteiger partial charge in [-0.25, -0.2) is 0 Å². The van der Waals surface area contributed by atoms with Gasteiger partial charge < -0.3 is 4.90 Å². The molecule has 0 unspecified atom stereocenters. The Labute approximate surface area is 239 Å². The molecule has 0 radical (unpaired) electrons. The Morgan fingerprint density at radius 1 is 0.317 bits per heavy atom. The van der Waals surface area contributed by atoms with Crippen molar-refractivity contribution in [1.82, 2.24) is 0 Å². The summed E-state index contributed by atoms with van der Waals surface area (Å²) < 4.78 is 0. The van der Waals surface area contributed by atoms with E-state index in [2.05, 4.69) is 169 Å². The number of para-hydroxylation sites is 1. The van der Waals surface area contributed by atoms with E-state index in [0.29, 0.717) is 0 Å². The Morgan fingerprint density at radius 2 is 0.927 bits per heavy atom. The summed E-state index contributed by atoms with van der Waals surface area (Å²) in [5.74, 6) is 0. The van der Waals surface area contributed by atoms with Gasteiger partial charge in [-0.1, -0.05) is 140 Å². The maximum atomic E-state index is 2.46. The first kappa shape index (κ1) is 23.5. The molecule has 0 saturated heterocycles. The molecule has 0 aliphatic rings. The molecule has 8 aromatic carbocycles. The van der Waals surface area contributed by atoms with Crippen LogP contribution in [0.3, 0.4) is 0 Å². The number of nitrogens with zero attached hydrogens (tertiary/aromatic N) is 1. The number of hydrogen-bond donors (Lipinski definition) is 0. The first-order chi connectivity index (χ1) is 20.3. The van der Waals surface area contributed by atoms with Gasteiger partial charge in [0.05, 0.1) is 11.4 Å². The van der Waals surface area contributed by atoms with Gasteiger partial charge in [-0.3, -0.25) is 0 Å². The maximum Gasteiger partial charge on any atom is 0.0546 e.